The minimum atomic E-state index is -1.45. The fraction of sp³-hybridized carbons (Fsp3) is 0.667. The first kappa shape index (κ1) is 20.4. The summed E-state index contributed by atoms with van der Waals surface area (Å²) in [5.74, 6) is -5.04. The lowest BCUT2D eigenvalue weighted by molar-refractivity contribution is -0.174. The highest BCUT2D eigenvalue weighted by Crippen LogP contribution is 2.26. The van der Waals surface area contributed by atoms with Crippen LogP contribution in [0.1, 0.15) is 34.1 Å². The molecule has 0 heterocycles. The fourth-order valence-corrected chi connectivity index (χ4v) is 1.89. The first-order valence-corrected chi connectivity index (χ1v) is 7.24. The zero-order valence-corrected chi connectivity index (χ0v) is 14.4. The fourth-order valence-electron chi connectivity index (χ4n) is 1.79. The highest BCUT2D eigenvalue weighted by Gasteiger charge is 2.43. The number of ether oxygens (including phenoxy) is 3. The molecule has 0 saturated carbocycles. The van der Waals surface area contributed by atoms with E-state index in [-0.39, 0.29) is 6.42 Å². The molecule has 0 bridgehead atoms. The Balaban J connectivity index is 5.55. The van der Waals surface area contributed by atoms with Gasteiger partial charge in [0.25, 0.3) is 0 Å². The summed E-state index contributed by atoms with van der Waals surface area (Å²) in [5.41, 5.74) is -0.148. The number of carbonyl (C=O) groups is 3. The van der Waals surface area contributed by atoms with E-state index in [0.29, 0.717) is 5.57 Å². The number of hydrogen-bond acceptors (Lipinski definition) is 6. The van der Waals surface area contributed by atoms with E-state index in [1.54, 1.807) is 27.7 Å². The molecule has 7 heteroatoms. The summed E-state index contributed by atoms with van der Waals surface area (Å²) in [6, 6.07) is -0.430. The Morgan fingerprint density at radius 3 is 2.05 bits per heavy atom. The molecule has 0 aromatic rings. The van der Waals surface area contributed by atoms with E-state index in [4.69, 9.17) is 16.3 Å². The van der Waals surface area contributed by atoms with Gasteiger partial charge in [-0.2, -0.15) is 0 Å². The molecule has 0 aliphatic carbocycles. The van der Waals surface area contributed by atoms with Crippen LogP contribution in [0, 0.1) is 11.8 Å². The van der Waals surface area contributed by atoms with E-state index in [1.807, 2.05) is 0 Å². The SMILES string of the molecule is C=C(C)C[C@H](C(=O)OC(C)(C)C)[C@@H](C(=O)OC)C(=O)OCCl. The van der Waals surface area contributed by atoms with E-state index in [9.17, 15) is 14.4 Å². The maximum absolute atomic E-state index is 12.4. The highest BCUT2D eigenvalue weighted by molar-refractivity contribution is 6.17. The van der Waals surface area contributed by atoms with Crippen LogP contribution in [0.4, 0.5) is 0 Å². The summed E-state index contributed by atoms with van der Waals surface area (Å²) in [4.78, 5) is 36.3. The Labute approximate surface area is 135 Å². The molecule has 0 aliphatic rings. The molecule has 0 aromatic carbocycles. The third-order valence-electron chi connectivity index (χ3n) is 2.59. The monoisotopic (exact) mass is 334 g/mol. The highest BCUT2D eigenvalue weighted by atomic mass is 35.5. The molecule has 0 aliphatic heterocycles. The van der Waals surface area contributed by atoms with E-state index in [0.717, 1.165) is 7.11 Å². The average molecular weight is 335 g/mol. The summed E-state index contributed by atoms with van der Waals surface area (Å²) in [6.45, 7) is 10.5. The second-order valence-corrected chi connectivity index (χ2v) is 6.09. The van der Waals surface area contributed by atoms with Crippen LogP contribution in [0.15, 0.2) is 12.2 Å². The molecule has 0 spiro atoms. The van der Waals surface area contributed by atoms with Crippen molar-refractivity contribution in [3.63, 3.8) is 0 Å². The second-order valence-electron chi connectivity index (χ2n) is 5.87. The molecule has 126 valence electrons. The van der Waals surface area contributed by atoms with Crippen LogP contribution in [0.25, 0.3) is 0 Å². The predicted octanol–water partition coefficient (Wildman–Crippen LogP) is 2.44. The maximum atomic E-state index is 12.4. The molecule has 6 nitrogen and oxygen atoms in total. The molecule has 2 atom stereocenters. The van der Waals surface area contributed by atoms with Gasteiger partial charge in [0.1, 0.15) is 5.60 Å². The quantitative estimate of drug-likeness (QED) is 0.234. The zero-order chi connectivity index (χ0) is 17.5. The zero-order valence-electron chi connectivity index (χ0n) is 13.6. The van der Waals surface area contributed by atoms with Crippen molar-refractivity contribution in [2.24, 2.45) is 11.8 Å². The minimum Gasteiger partial charge on any atom is -0.468 e. The van der Waals surface area contributed by atoms with Crippen LogP contribution in [0.2, 0.25) is 0 Å². The molecule has 0 rings (SSSR count). The van der Waals surface area contributed by atoms with Gasteiger partial charge in [-0.25, -0.2) is 0 Å². The topological polar surface area (TPSA) is 78.9 Å². The normalized spacial score (nSPS) is 13.7. The molecule has 0 aromatic heterocycles. The first-order chi connectivity index (χ1) is 10.0. The van der Waals surface area contributed by atoms with Gasteiger partial charge in [0.15, 0.2) is 12.0 Å². The van der Waals surface area contributed by atoms with Crippen molar-refractivity contribution < 1.29 is 28.6 Å². The van der Waals surface area contributed by atoms with Crippen molar-refractivity contribution in [1.82, 2.24) is 0 Å². The minimum absolute atomic E-state index is 0.0894. The van der Waals surface area contributed by atoms with Gasteiger partial charge in [0.2, 0.25) is 0 Å². The lowest BCUT2D eigenvalue weighted by Crippen LogP contribution is -2.40. The first-order valence-electron chi connectivity index (χ1n) is 6.71. The van der Waals surface area contributed by atoms with E-state index < -0.39 is 41.4 Å². The molecule has 0 fully saturated rings. The summed E-state index contributed by atoms with van der Waals surface area (Å²) < 4.78 is 14.5. The van der Waals surface area contributed by atoms with E-state index in [2.05, 4.69) is 16.1 Å². The lowest BCUT2D eigenvalue weighted by Gasteiger charge is -2.27. The molecular weight excluding hydrogens is 312 g/mol. The van der Waals surface area contributed by atoms with Crippen molar-refractivity contribution in [3.05, 3.63) is 12.2 Å². The standard InChI is InChI=1S/C15H23ClO6/c1-9(2)7-10(12(17)22-15(3,4)5)11(13(18)20-6)14(19)21-8-16/h10-11H,1,7-8H2,2-6H3/t10-,11-/m0/s1. The third kappa shape index (κ3) is 6.93. The van der Waals surface area contributed by atoms with Crippen LogP contribution in [0.5, 0.6) is 0 Å². The molecular formula is C15H23ClO6. The van der Waals surface area contributed by atoms with Crippen molar-refractivity contribution >= 4 is 29.5 Å². The van der Waals surface area contributed by atoms with Gasteiger partial charge in [-0.05, 0) is 34.1 Å². The maximum Gasteiger partial charge on any atom is 0.322 e. The van der Waals surface area contributed by atoms with Gasteiger partial charge in [-0.1, -0.05) is 17.2 Å². The van der Waals surface area contributed by atoms with Crippen molar-refractivity contribution in [2.45, 2.75) is 39.7 Å². The number of halogens is 1. The van der Waals surface area contributed by atoms with Crippen molar-refractivity contribution in [3.8, 4) is 0 Å². The number of carbonyl (C=O) groups excluding carboxylic acids is 3. The third-order valence-corrected chi connectivity index (χ3v) is 2.70. The number of esters is 3. The Hall–Kier alpha value is -1.56. The second kappa shape index (κ2) is 8.78. The number of hydrogen-bond donors (Lipinski definition) is 0. The summed E-state index contributed by atoms with van der Waals surface area (Å²) in [7, 11) is 1.12. The Kier molecular flexibility index (Phi) is 8.16. The predicted molar refractivity (Wildman–Crippen MR) is 81.1 cm³/mol. The van der Waals surface area contributed by atoms with Gasteiger partial charge in [-0.3, -0.25) is 14.4 Å². The largest absolute Gasteiger partial charge is 0.468 e. The van der Waals surface area contributed by atoms with E-state index >= 15 is 0 Å². The number of alkyl halides is 1. The number of methoxy groups -OCH3 is 1. The van der Waals surface area contributed by atoms with Crippen LogP contribution in [-0.2, 0) is 28.6 Å². The van der Waals surface area contributed by atoms with Crippen molar-refractivity contribution in [2.75, 3.05) is 13.2 Å². The summed E-state index contributed by atoms with van der Waals surface area (Å²) in [6.07, 6.45) is 0.0894. The summed E-state index contributed by atoms with van der Waals surface area (Å²) in [5, 5.41) is 0. The van der Waals surface area contributed by atoms with Crippen LogP contribution in [-0.4, -0.2) is 36.7 Å². The van der Waals surface area contributed by atoms with Crippen LogP contribution in [0.3, 0.4) is 0 Å². The average Bonchev–Trinajstić information content (AvgIpc) is 2.35. The molecule has 0 N–H and O–H groups in total. The van der Waals surface area contributed by atoms with Gasteiger partial charge in [0.05, 0.1) is 13.0 Å². The smallest absolute Gasteiger partial charge is 0.322 e. The van der Waals surface area contributed by atoms with Gasteiger partial charge < -0.3 is 14.2 Å². The molecule has 0 saturated heterocycles. The Bertz CT molecular complexity index is 438. The van der Waals surface area contributed by atoms with Crippen LogP contribution >= 0.6 is 11.6 Å². The molecule has 22 heavy (non-hydrogen) atoms. The van der Waals surface area contributed by atoms with Crippen molar-refractivity contribution in [1.29, 1.82) is 0 Å². The summed E-state index contributed by atoms with van der Waals surface area (Å²) >= 11 is 5.36. The van der Waals surface area contributed by atoms with Crippen LogP contribution < -0.4 is 0 Å². The Morgan fingerprint density at radius 2 is 1.68 bits per heavy atom. The molecule has 0 amide bonds. The number of allylic oxidation sites excluding steroid dienone is 1. The van der Waals surface area contributed by atoms with Gasteiger partial charge >= 0.3 is 17.9 Å². The number of rotatable bonds is 7. The Morgan fingerprint density at radius 1 is 1.14 bits per heavy atom. The van der Waals surface area contributed by atoms with E-state index in [1.165, 1.54) is 0 Å². The van der Waals surface area contributed by atoms with Gasteiger partial charge in [0, 0.05) is 0 Å². The molecule has 0 radical (unpaired) electrons. The van der Waals surface area contributed by atoms with Gasteiger partial charge in [-0.15, -0.1) is 6.58 Å². The lowest BCUT2D eigenvalue weighted by atomic mass is 9.87. The molecule has 0 unspecified atom stereocenters.